The summed E-state index contributed by atoms with van der Waals surface area (Å²) in [6, 6.07) is 13.9. The van der Waals surface area contributed by atoms with Gasteiger partial charge in [-0.05, 0) is 43.3 Å². The maximum Gasteiger partial charge on any atom is 0.339 e. The van der Waals surface area contributed by atoms with Crippen molar-refractivity contribution in [3.8, 4) is 5.75 Å². The van der Waals surface area contributed by atoms with E-state index in [1.54, 1.807) is 48.5 Å². The predicted molar refractivity (Wildman–Crippen MR) is 109 cm³/mol. The highest BCUT2D eigenvalue weighted by atomic mass is 16.5. The summed E-state index contributed by atoms with van der Waals surface area (Å²) in [5.41, 5.74) is 1.79. The third kappa shape index (κ3) is 5.07. The van der Waals surface area contributed by atoms with Gasteiger partial charge in [0.25, 0.3) is 5.91 Å². The molecule has 0 aliphatic carbocycles. The van der Waals surface area contributed by atoms with E-state index >= 15 is 0 Å². The van der Waals surface area contributed by atoms with Gasteiger partial charge in [0.1, 0.15) is 5.75 Å². The number of methoxy groups -OCH3 is 1. The van der Waals surface area contributed by atoms with Crippen molar-refractivity contribution in [1.82, 2.24) is 9.97 Å². The molecule has 1 heterocycles. The Bertz CT molecular complexity index is 988. The number of benzene rings is 2. The molecule has 0 spiro atoms. The second kappa shape index (κ2) is 9.32. The number of para-hydroxylation sites is 1. The van der Waals surface area contributed by atoms with Crippen LogP contribution in [0.2, 0.25) is 0 Å². The zero-order valence-electron chi connectivity index (χ0n) is 16.0. The number of esters is 1. The molecule has 0 radical (unpaired) electrons. The Morgan fingerprint density at radius 2 is 1.69 bits per heavy atom. The number of nitrogens with zero attached hydrogens (tertiary/aromatic N) is 2. The summed E-state index contributed by atoms with van der Waals surface area (Å²) < 4.78 is 10.1. The Hall–Kier alpha value is -3.94. The number of hydrogen-bond acceptors (Lipinski definition) is 7. The molecule has 8 nitrogen and oxygen atoms in total. The number of carbonyl (C=O) groups excluding carboxylic acids is 2. The third-order valence-corrected chi connectivity index (χ3v) is 3.92. The van der Waals surface area contributed by atoms with Gasteiger partial charge in [0.15, 0.2) is 0 Å². The van der Waals surface area contributed by atoms with Crippen molar-refractivity contribution in [2.24, 2.45) is 0 Å². The average molecular weight is 392 g/mol. The van der Waals surface area contributed by atoms with Gasteiger partial charge in [0.05, 0.1) is 30.5 Å². The van der Waals surface area contributed by atoms with E-state index in [-0.39, 0.29) is 11.9 Å². The van der Waals surface area contributed by atoms with E-state index < -0.39 is 5.97 Å². The average Bonchev–Trinajstić information content (AvgIpc) is 2.75. The maximum absolute atomic E-state index is 12.4. The van der Waals surface area contributed by atoms with Gasteiger partial charge in [-0.2, -0.15) is 0 Å². The van der Waals surface area contributed by atoms with Crippen LogP contribution in [0.4, 0.5) is 17.3 Å². The number of ether oxygens (including phenoxy) is 2. The molecule has 0 aliphatic heterocycles. The summed E-state index contributed by atoms with van der Waals surface area (Å²) in [6.45, 7) is 2.48. The van der Waals surface area contributed by atoms with Gasteiger partial charge in [-0.3, -0.25) is 4.79 Å². The van der Waals surface area contributed by atoms with E-state index in [1.807, 2.05) is 6.92 Å². The summed E-state index contributed by atoms with van der Waals surface area (Å²) in [7, 11) is 1.31. The van der Waals surface area contributed by atoms with Gasteiger partial charge in [-0.1, -0.05) is 12.1 Å². The van der Waals surface area contributed by atoms with Gasteiger partial charge in [-0.15, -0.1) is 0 Å². The lowest BCUT2D eigenvalue weighted by Crippen LogP contribution is -2.13. The zero-order chi connectivity index (χ0) is 20.6. The molecule has 0 aliphatic rings. The molecule has 0 unspecified atom stereocenters. The minimum atomic E-state index is -0.473. The number of nitrogens with one attached hydrogen (secondary N) is 2. The highest BCUT2D eigenvalue weighted by Crippen LogP contribution is 2.20. The Morgan fingerprint density at radius 3 is 2.34 bits per heavy atom. The Kier molecular flexibility index (Phi) is 6.36. The molecule has 29 heavy (non-hydrogen) atoms. The molecule has 8 heteroatoms. The molecule has 3 aromatic rings. The van der Waals surface area contributed by atoms with Gasteiger partial charge >= 0.3 is 5.97 Å². The van der Waals surface area contributed by atoms with Crippen LogP contribution in [0.1, 0.15) is 27.6 Å². The van der Waals surface area contributed by atoms with Crippen molar-refractivity contribution in [3.05, 3.63) is 72.1 Å². The molecule has 1 amide bonds. The lowest BCUT2D eigenvalue weighted by molar-refractivity contribution is 0.0601. The van der Waals surface area contributed by atoms with Gasteiger partial charge < -0.3 is 20.1 Å². The van der Waals surface area contributed by atoms with E-state index in [4.69, 9.17) is 9.47 Å². The SMILES string of the molecule is CCOc1ccc(NC(=O)c2cnc(Nc3ccccc3C(=O)OC)nc2)cc1. The van der Waals surface area contributed by atoms with Crippen molar-refractivity contribution in [2.75, 3.05) is 24.4 Å². The Morgan fingerprint density at radius 1 is 1.00 bits per heavy atom. The molecule has 0 atom stereocenters. The fraction of sp³-hybridized carbons (Fsp3) is 0.143. The van der Waals surface area contributed by atoms with Crippen molar-refractivity contribution >= 4 is 29.2 Å². The number of amides is 1. The lowest BCUT2D eigenvalue weighted by Gasteiger charge is -2.10. The van der Waals surface area contributed by atoms with Crippen LogP contribution in [-0.4, -0.2) is 35.6 Å². The zero-order valence-corrected chi connectivity index (χ0v) is 16.0. The Labute approximate surface area is 167 Å². The van der Waals surface area contributed by atoms with Crippen LogP contribution in [0.25, 0.3) is 0 Å². The first-order valence-electron chi connectivity index (χ1n) is 8.91. The van der Waals surface area contributed by atoms with E-state index in [0.29, 0.717) is 29.1 Å². The summed E-state index contributed by atoms with van der Waals surface area (Å²) in [5.74, 6) is 0.172. The molecular weight excluding hydrogens is 372 g/mol. The predicted octanol–water partition coefficient (Wildman–Crippen LogP) is 3.66. The number of anilines is 3. The van der Waals surface area contributed by atoms with E-state index in [0.717, 1.165) is 5.75 Å². The minimum absolute atomic E-state index is 0.249. The number of carbonyl (C=O) groups is 2. The molecule has 0 saturated heterocycles. The highest BCUT2D eigenvalue weighted by Gasteiger charge is 2.13. The fourth-order valence-electron chi connectivity index (χ4n) is 2.51. The maximum atomic E-state index is 12.4. The molecule has 2 N–H and O–H groups in total. The van der Waals surface area contributed by atoms with Gasteiger partial charge in [-0.25, -0.2) is 14.8 Å². The summed E-state index contributed by atoms with van der Waals surface area (Å²) in [6.07, 6.45) is 2.81. The topological polar surface area (TPSA) is 102 Å². The first-order chi connectivity index (χ1) is 14.1. The van der Waals surface area contributed by atoms with E-state index in [9.17, 15) is 9.59 Å². The fourth-order valence-corrected chi connectivity index (χ4v) is 2.51. The van der Waals surface area contributed by atoms with Crippen LogP contribution < -0.4 is 15.4 Å². The van der Waals surface area contributed by atoms with E-state index in [2.05, 4.69) is 20.6 Å². The standard InChI is InChI=1S/C21H20N4O4/c1-3-29-16-10-8-15(9-11-16)24-19(26)14-12-22-21(23-13-14)25-18-7-5-4-6-17(18)20(27)28-2/h4-13H,3H2,1-2H3,(H,24,26)(H,22,23,25). The molecule has 0 bridgehead atoms. The van der Waals surface area contributed by atoms with Crippen LogP contribution >= 0.6 is 0 Å². The molecule has 0 fully saturated rings. The third-order valence-electron chi connectivity index (χ3n) is 3.92. The van der Waals surface area contributed by atoms with Crippen LogP contribution in [0, 0.1) is 0 Å². The van der Waals surface area contributed by atoms with E-state index in [1.165, 1.54) is 19.5 Å². The second-order valence-corrected chi connectivity index (χ2v) is 5.87. The smallest absolute Gasteiger partial charge is 0.339 e. The second-order valence-electron chi connectivity index (χ2n) is 5.87. The van der Waals surface area contributed by atoms with Crippen LogP contribution in [0.15, 0.2) is 60.9 Å². The minimum Gasteiger partial charge on any atom is -0.494 e. The highest BCUT2D eigenvalue weighted by molar-refractivity contribution is 6.04. The summed E-state index contributed by atoms with van der Waals surface area (Å²) >= 11 is 0. The quantitative estimate of drug-likeness (QED) is 0.592. The molecular formula is C21H20N4O4. The summed E-state index contributed by atoms with van der Waals surface area (Å²) in [4.78, 5) is 32.5. The van der Waals surface area contributed by atoms with Gasteiger partial charge in [0, 0.05) is 18.1 Å². The number of hydrogen-bond donors (Lipinski definition) is 2. The lowest BCUT2D eigenvalue weighted by atomic mass is 10.2. The van der Waals surface area contributed by atoms with Crippen LogP contribution in [0.3, 0.4) is 0 Å². The van der Waals surface area contributed by atoms with Crippen molar-refractivity contribution in [3.63, 3.8) is 0 Å². The molecule has 0 saturated carbocycles. The van der Waals surface area contributed by atoms with Crippen molar-refractivity contribution < 1.29 is 19.1 Å². The molecule has 1 aromatic heterocycles. The Balaban J connectivity index is 1.67. The van der Waals surface area contributed by atoms with Crippen molar-refractivity contribution in [2.45, 2.75) is 6.92 Å². The van der Waals surface area contributed by atoms with Crippen molar-refractivity contribution in [1.29, 1.82) is 0 Å². The molecule has 3 rings (SSSR count). The number of aromatic nitrogens is 2. The van der Waals surface area contributed by atoms with Crippen LogP contribution in [-0.2, 0) is 4.74 Å². The molecule has 148 valence electrons. The monoisotopic (exact) mass is 392 g/mol. The first kappa shape index (κ1) is 19.8. The first-order valence-corrected chi connectivity index (χ1v) is 8.91. The van der Waals surface area contributed by atoms with Gasteiger partial charge in [0.2, 0.25) is 5.95 Å². The summed E-state index contributed by atoms with van der Waals surface area (Å²) in [5, 5.41) is 5.73. The normalized spacial score (nSPS) is 10.1. The number of rotatable bonds is 7. The van der Waals surface area contributed by atoms with Crippen LogP contribution in [0.5, 0.6) is 5.75 Å². The largest absolute Gasteiger partial charge is 0.494 e. The molecule has 2 aromatic carbocycles.